The third-order valence-electron chi connectivity index (χ3n) is 5.11. The number of hydrogen-bond acceptors (Lipinski definition) is 12. The minimum Gasteiger partial charge on any atom is -0.494 e. The number of nitrogens with one attached hydrogen (secondary N) is 3. The summed E-state index contributed by atoms with van der Waals surface area (Å²) in [6.07, 6.45) is 1.38. The lowest BCUT2D eigenvalue weighted by Gasteiger charge is -2.16. The Kier molecular flexibility index (Phi) is 6.93. The first-order valence-electron chi connectivity index (χ1n) is 12.6. The second-order valence-corrected chi connectivity index (χ2v) is 8.95. The molecule has 15 heteroatoms. The Balaban J connectivity index is 1.76. The van der Waals surface area contributed by atoms with Crippen molar-refractivity contribution in [2.75, 3.05) is 45.9 Å². The normalized spacial score (nSPS) is 12.0. The predicted octanol–water partition coefficient (Wildman–Crippen LogP) is 3.10. The van der Waals surface area contributed by atoms with E-state index in [9.17, 15) is 14.0 Å². The van der Waals surface area contributed by atoms with E-state index in [0.29, 0.717) is 9.88 Å². The number of carbonyl (C=O) groups is 2. The largest absolute Gasteiger partial charge is 0.494 e. The smallest absolute Gasteiger partial charge is 0.273 e. The van der Waals surface area contributed by atoms with E-state index in [0.717, 1.165) is 17.4 Å². The molecule has 0 bridgehead atoms. The molecule has 0 spiro atoms. The fourth-order valence-electron chi connectivity index (χ4n) is 3.33. The molecule has 0 saturated carbocycles. The quantitative estimate of drug-likeness (QED) is 0.278. The van der Waals surface area contributed by atoms with Crippen LogP contribution in [-0.4, -0.2) is 77.4 Å². The number of thiazole rings is 1. The maximum Gasteiger partial charge on any atom is 0.273 e. The highest BCUT2D eigenvalue weighted by Crippen LogP contribution is 2.41. The Morgan fingerprint density at radius 3 is 2.46 bits per heavy atom. The van der Waals surface area contributed by atoms with E-state index >= 15 is 0 Å². The van der Waals surface area contributed by atoms with Crippen LogP contribution in [0.15, 0.2) is 36.5 Å². The lowest BCUT2D eigenvalue weighted by molar-refractivity contribution is 0.0831. The van der Waals surface area contributed by atoms with Crippen LogP contribution in [0.5, 0.6) is 11.6 Å². The zero-order valence-electron chi connectivity index (χ0n) is 24.1. The minimum absolute atomic E-state index is 0.0480. The lowest BCUT2D eigenvalue weighted by atomic mass is 10.1. The van der Waals surface area contributed by atoms with Gasteiger partial charge in [0.1, 0.15) is 15.7 Å². The van der Waals surface area contributed by atoms with Crippen molar-refractivity contribution < 1.29 is 27.6 Å². The van der Waals surface area contributed by atoms with Gasteiger partial charge in [0.25, 0.3) is 11.8 Å². The second-order valence-electron chi connectivity index (χ2n) is 7.92. The third kappa shape index (κ3) is 5.98. The van der Waals surface area contributed by atoms with Gasteiger partial charge in [-0.15, -0.1) is 31.7 Å². The van der Waals surface area contributed by atoms with Crippen LogP contribution < -0.4 is 25.4 Å². The summed E-state index contributed by atoms with van der Waals surface area (Å²) in [5.74, 6) is -1.28. The highest BCUT2D eigenvalue weighted by molar-refractivity contribution is 7.16. The van der Waals surface area contributed by atoms with E-state index in [4.69, 9.17) is 13.6 Å². The molecule has 0 radical (unpaired) electrons. The number of amides is 2. The Bertz CT molecular complexity index is 1620. The van der Waals surface area contributed by atoms with Crippen molar-refractivity contribution in [1.82, 2.24) is 35.6 Å². The molecular weight excluding hydrogens is 529 g/mol. The Labute approximate surface area is 230 Å². The van der Waals surface area contributed by atoms with Crippen LogP contribution in [-0.2, 0) is 0 Å². The Hall–Kier alpha value is -4.92. The van der Waals surface area contributed by atoms with Gasteiger partial charge in [-0.2, -0.15) is 0 Å². The van der Waals surface area contributed by atoms with Crippen LogP contribution in [0.3, 0.4) is 0 Å². The summed E-state index contributed by atoms with van der Waals surface area (Å²) < 4.78 is 47.7. The number of ether oxygens (including phenoxy) is 2. The van der Waals surface area contributed by atoms with Crippen molar-refractivity contribution in [1.29, 1.82) is 0 Å². The Morgan fingerprint density at radius 2 is 1.79 bits per heavy atom. The van der Waals surface area contributed by atoms with E-state index in [1.54, 1.807) is 26.2 Å². The van der Waals surface area contributed by atoms with E-state index in [1.165, 1.54) is 37.4 Å². The summed E-state index contributed by atoms with van der Waals surface area (Å²) in [6.45, 7) is -2.82. The second kappa shape index (κ2) is 11.6. The van der Waals surface area contributed by atoms with Gasteiger partial charge < -0.3 is 30.3 Å². The number of methoxy groups -OCH3 is 2. The van der Waals surface area contributed by atoms with Crippen molar-refractivity contribution >= 4 is 46.2 Å². The van der Waals surface area contributed by atoms with Crippen molar-refractivity contribution in [2.45, 2.75) is 0 Å². The molecule has 0 unspecified atom stereocenters. The molecule has 0 saturated heterocycles. The maximum atomic E-state index is 14.9. The average molecular weight is 557 g/mol. The molecule has 0 aliphatic rings. The number of rotatable bonds is 9. The van der Waals surface area contributed by atoms with Gasteiger partial charge in [-0.1, -0.05) is 0 Å². The number of aromatic nitrogens is 5. The molecule has 3 N–H and O–H groups in total. The predicted molar refractivity (Wildman–Crippen MR) is 143 cm³/mol. The molecule has 4 aromatic rings. The van der Waals surface area contributed by atoms with Crippen LogP contribution >= 0.6 is 11.3 Å². The van der Waals surface area contributed by atoms with Gasteiger partial charge in [-0.05, 0) is 12.1 Å². The summed E-state index contributed by atoms with van der Waals surface area (Å²) in [7, 11) is 5.98. The fraction of sp³-hybridized carbons (Fsp3) is 0.208. The van der Waals surface area contributed by atoms with E-state index < -0.39 is 24.4 Å². The molecule has 3 aromatic heterocycles. The summed E-state index contributed by atoms with van der Waals surface area (Å²) in [6, 6.07) is 6.75. The molecule has 0 aliphatic heterocycles. The zero-order valence-corrected chi connectivity index (χ0v) is 21.9. The highest BCUT2D eigenvalue weighted by atomic mass is 32.1. The molecular formula is C24H24FN9O4S. The molecule has 2 amide bonds. The lowest BCUT2D eigenvalue weighted by Crippen LogP contribution is -2.21. The molecule has 0 aliphatic carbocycles. The zero-order chi connectivity index (χ0) is 30.6. The van der Waals surface area contributed by atoms with Gasteiger partial charge in [-0.3, -0.25) is 9.59 Å². The van der Waals surface area contributed by atoms with Crippen LogP contribution in [0.1, 0.15) is 24.3 Å². The first-order valence-corrected chi connectivity index (χ1v) is 11.9. The molecule has 202 valence electrons. The van der Waals surface area contributed by atoms with E-state index in [2.05, 4.69) is 36.0 Å². The highest BCUT2D eigenvalue weighted by Gasteiger charge is 2.22. The van der Waals surface area contributed by atoms with Crippen molar-refractivity contribution in [3.05, 3.63) is 52.9 Å². The maximum absolute atomic E-state index is 14.9. The molecule has 3 heterocycles. The number of nitrogens with zero attached hydrogens (tertiary/aromatic N) is 6. The average Bonchev–Trinajstić information content (AvgIpc) is 3.42. The van der Waals surface area contributed by atoms with Crippen LogP contribution in [0.2, 0.25) is 0 Å². The number of halogens is 1. The molecule has 39 heavy (non-hydrogen) atoms. The molecule has 4 rings (SSSR count). The number of hydrogen-bond donors (Lipinski definition) is 3. The van der Waals surface area contributed by atoms with Gasteiger partial charge in [-0.25, -0.2) is 9.37 Å². The monoisotopic (exact) mass is 556 g/mol. The first kappa shape index (κ1) is 23.2. The molecule has 0 fully saturated rings. The van der Waals surface area contributed by atoms with Crippen LogP contribution in [0, 0.1) is 5.82 Å². The van der Waals surface area contributed by atoms with Crippen LogP contribution in [0.4, 0.5) is 27.4 Å². The molecule has 13 nitrogen and oxygen atoms in total. The number of anilines is 4. The standard InChI is InChI=1S/C24H24FN9O4S/c1-26-22(35)20-14(10-18(31-33-20)29-17-6-7-19(37-4)32-30-17)28-15-9-12(25)8-13(21(15)38-5)23-27-11-16(39-23)24(36)34(2)3/h6-11H,1-5H3,(H,26,35)(H2,28,29,30,31)/i1D3. The van der Waals surface area contributed by atoms with Crippen LogP contribution in [0.25, 0.3) is 10.6 Å². The van der Waals surface area contributed by atoms with Gasteiger partial charge in [0.15, 0.2) is 23.1 Å². The number of benzene rings is 1. The van der Waals surface area contributed by atoms with Gasteiger partial charge in [0.05, 0.1) is 37.4 Å². The first-order chi connectivity index (χ1) is 19.9. The van der Waals surface area contributed by atoms with Crippen molar-refractivity contribution in [3.8, 4) is 22.2 Å². The molecule has 1 aromatic carbocycles. The fourth-order valence-corrected chi connectivity index (χ4v) is 4.28. The Morgan fingerprint density at radius 1 is 1.00 bits per heavy atom. The number of carbonyl (C=O) groups excluding carboxylic acids is 2. The summed E-state index contributed by atoms with van der Waals surface area (Å²) >= 11 is 1.04. The van der Waals surface area contributed by atoms with Gasteiger partial charge >= 0.3 is 0 Å². The third-order valence-corrected chi connectivity index (χ3v) is 6.13. The van der Waals surface area contributed by atoms with E-state index in [-0.39, 0.29) is 46.1 Å². The summed E-state index contributed by atoms with van der Waals surface area (Å²) in [5.41, 5.74) is -0.175. The summed E-state index contributed by atoms with van der Waals surface area (Å²) in [4.78, 5) is 31.2. The minimum atomic E-state index is -2.82. The van der Waals surface area contributed by atoms with Crippen molar-refractivity contribution in [3.63, 3.8) is 0 Å². The van der Waals surface area contributed by atoms with E-state index in [1.807, 2.05) is 5.32 Å². The summed E-state index contributed by atoms with van der Waals surface area (Å²) in [5, 5.41) is 23.5. The topological polar surface area (TPSA) is 156 Å². The molecule has 0 atom stereocenters. The van der Waals surface area contributed by atoms with Crippen molar-refractivity contribution in [2.24, 2.45) is 0 Å². The van der Waals surface area contributed by atoms with Gasteiger partial charge in [0.2, 0.25) is 5.88 Å². The SMILES string of the molecule is [2H]C([2H])([2H])NC(=O)c1nnc(Nc2ccc(OC)nn2)cc1Nc1cc(F)cc(-c2ncc(C(=O)N(C)C)s2)c1OC. The van der Waals surface area contributed by atoms with Gasteiger partial charge in [0, 0.05) is 43.4 Å².